The van der Waals surface area contributed by atoms with E-state index >= 15 is 0 Å². The van der Waals surface area contributed by atoms with Crippen molar-refractivity contribution in [3.63, 3.8) is 0 Å². The molecule has 0 aromatic rings. The highest BCUT2D eigenvalue weighted by Gasteiger charge is 2.42. The Morgan fingerprint density at radius 3 is 2.38 bits per heavy atom. The average molecular weight is 192 g/mol. The average Bonchev–Trinajstić information content (AvgIpc) is 2.31. The summed E-state index contributed by atoms with van der Waals surface area (Å²) >= 11 is 0. The van der Waals surface area contributed by atoms with Gasteiger partial charge in [-0.15, -0.1) is 0 Å². The standard InChI is InChI=1S/C9H18F2N2/c1-6(2)8(13-12)7-3-4-9(10,11)5-7/h6-8,13H,3-5,12H2,1-2H3. The van der Waals surface area contributed by atoms with Crippen LogP contribution >= 0.6 is 0 Å². The SMILES string of the molecule is CC(C)C(NN)C1CCC(F)(F)C1. The Kier molecular flexibility index (Phi) is 3.24. The number of alkyl halides is 2. The van der Waals surface area contributed by atoms with Gasteiger partial charge in [-0.1, -0.05) is 13.8 Å². The van der Waals surface area contributed by atoms with Crippen molar-refractivity contribution in [3.05, 3.63) is 0 Å². The van der Waals surface area contributed by atoms with Gasteiger partial charge in [0.15, 0.2) is 0 Å². The van der Waals surface area contributed by atoms with Crippen LogP contribution in [0.4, 0.5) is 8.78 Å². The highest BCUT2D eigenvalue weighted by Crippen LogP contribution is 2.41. The summed E-state index contributed by atoms with van der Waals surface area (Å²) in [5.74, 6) is 3.22. The predicted molar refractivity (Wildman–Crippen MR) is 48.2 cm³/mol. The third-order valence-electron chi connectivity index (χ3n) is 2.86. The zero-order chi connectivity index (χ0) is 10.1. The van der Waals surface area contributed by atoms with Crippen molar-refractivity contribution >= 4 is 0 Å². The summed E-state index contributed by atoms with van der Waals surface area (Å²) in [6.45, 7) is 4.00. The molecule has 0 heterocycles. The number of nitrogens with two attached hydrogens (primary N) is 1. The Morgan fingerprint density at radius 2 is 2.08 bits per heavy atom. The molecule has 0 bridgehead atoms. The zero-order valence-corrected chi connectivity index (χ0v) is 8.19. The van der Waals surface area contributed by atoms with Gasteiger partial charge in [0.25, 0.3) is 0 Å². The Labute approximate surface area is 77.8 Å². The van der Waals surface area contributed by atoms with Gasteiger partial charge in [0, 0.05) is 18.9 Å². The van der Waals surface area contributed by atoms with Gasteiger partial charge in [0.05, 0.1) is 0 Å². The summed E-state index contributed by atoms with van der Waals surface area (Å²) in [6.07, 6.45) is 0.586. The summed E-state index contributed by atoms with van der Waals surface area (Å²) < 4.78 is 25.8. The second-order valence-corrected chi connectivity index (χ2v) is 4.30. The summed E-state index contributed by atoms with van der Waals surface area (Å²) in [6, 6.07) is 0.0216. The van der Waals surface area contributed by atoms with Crippen LogP contribution in [0.5, 0.6) is 0 Å². The monoisotopic (exact) mass is 192 g/mol. The fraction of sp³-hybridized carbons (Fsp3) is 1.00. The highest BCUT2D eigenvalue weighted by atomic mass is 19.3. The van der Waals surface area contributed by atoms with Crippen LogP contribution in [0.15, 0.2) is 0 Å². The van der Waals surface area contributed by atoms with E-state index in [0.717, 1.165) is 0 Å². The van der Waals surface area contributed by atoms with Crippen LogP contribution in [0.25, 0.3) is 0 Å². The molecule has 1 aliphatic rings. The van der Waals surface area contributed by atoms with Crippen molar-refractivity contribution in [2.24, 2.45) is 17.7 Å². The fourth-order valence-electron chi connectivity index (χ4n) is 2.16. The van der Waals surface area contributed by atoms with Crippen LogP contribution in [0.2, 0.25) is 0 Å². The number of hydrogen-bond donors (Lipinski definition) is 2. The van der Waals surface area contributed by atoms with Crippen molar-refractivity contribution in [1.29, 1.82) is 0 Å². The van der Waals surface area contributed by atoms with Gasteiger partial charge < -0.3 is 0 Å². The molecule has 78 valence electrons. The molecule has 3 N–H and O–H groups in total. The van der Waals surface area contributed by atoms with Crippen LogP contribution in [0.3, 0.4) is 0 Å². The molecule has 1 saturated carbocycles. The first-order valence-electron chi connectivity index (χ1n) is 4.80. The molecule has 13 heavy (non-hydrogen) atoms. The first-order valence-corrected chi connectivity index (χ1v) is 4.80. The Bertz CT molecular complexity index is 171. The normalized spacial score (nSPS) is 29.5. The van der Waals surface area contributed by atoms with E-state index in [0.29, 0.717) is 12.3 Å². The Morgan fingerprint density at radius 1 is 1.46 bits per heavy atom. The minimum absolute atomic E-state index is 0.0138. The van der Waals surface area contributed by atoms with E-state index in [1.807, 2.05) is 13.8 Å². The molecular weight excluding hydrogens is 174 g/mol. The number of rotatable bonds is 3. The predicted octanol–water partition coefficient (Wildman–Crippen LogP) is 1.91. The van der Waals surface area contributed by atoms with Crippen molar-refractivity contribution < 1.29 is 8.78 Å². The third-order valence-corrected chi connectivity index (χ3v) is 2.86. The molecule has 2 atom stereocenters. The van der Waals surface area contributed by atoms with Gasteiger partial charge in [-0.05, 0) is 18.3 Å². The minimum Gasteiger partial charge on any atom is -0.271 e. The summed E-state index contributed by atoms with van der Waals surface area (Å²) in [4.78, 5) is 0. The van der Waals surface area contributed by atoms with Gasteiger partial charge in [-0.3, -0.25) is 11.3 Å². The maximum Gasteiger partial charge on any atom is 0.248 e. The molecule has 0 amide bonds. The molecule has 1 fully saturated rings. The zero-order valence-electron chi connectivity index (χ0n) is 8.19. The molecule has 0 spiro atoms. The Balaban J connectivity index is 2.53. The maximum atomic E-state index is 12.9. The number of hydrogen-bond acceptors (Lipinski definition) is 2. The quantitative estimate of drug-likeness (QED) is 0.529. The van der Waals surface area contributed by atoms with Gasteiger partial charge in [0.2, 0.25) is 5.92 Å². The lowest BCUT2D eigenvalue weighted by molar-refractivity contribution is 0.00242. The van der Waals surface area contributed by atoms with Crippen LogP contribution in [0, 0.1) is 11.8 Å². The second-order valence-electron chi connectivity index (χ2n) is 4.30. The van der Waals surface area contributed by atoms with Gasteiger partial charge in [-0.25, -0.2) is 8.78 Å². The molecular formula is C9H18F2N2. The van der Waals surface area contributed by atoms with Crippen molar-refractivity contribution in [1.82, 2.24) is 5.43 Å². The van der Waals surface area contributed by atoms with Crippen LogP contribution in [-0.2, 0) is 0 Å². The van der Waals surface area contributed by atoms with E-state index in [1.54, 1.807) is 0 Å². The number of halogens is 2. The molecule has 2 nitrogen and oxygen atoms in total. The molecule has 2 unspecified atom stereocenters. The van der Waals surface area contributed by atoms with E-state index in [1.165, 1.54) is 0 Å². The molecule has 0 aromatic heterocycles. The van der Waals surface area contributed by atoms with Gasteiger partial charge >= 0.3 is 0 Å². The van der Waals surface area contributed by atoms with Crippen LogP contribution < -0.4 is 11.3 Å². The van der Waals surface area contributed by atoms with Crippen molar-refractivity contribution in [2.45, 2.75) is 45.1 Å². The largest absolute Gasteiger partial charge is 0.271 e. The molecule has 1 aliphatic carbocycles. The second kappa shape index (κ2) is 3.88. The Hall–Kier alpha value is -0.220. The lowest BCUT2D eigenvalue weighted by atomic mass is 9.90. The fourth-order valence-corrected chi connectivity index (χ4v) is 2.16. The maximum absolute atomic E-state index is 12.9. The van der Waals surface area contributed by atoms with E-state index in [2.05, 4.69) is 5.43 Å². The summed E-state index contributed by atoms with van der Waals surface area (Å²) in [5.41, 5.74) is 2.65. The highest BCUT2D eigenvalue weighted by molar-refractivity contribution is 4.88. The van der Waals surface area contributed by atoms with Crippen LogP contribution in [0.1, 0.15) is 33.1 Å². The summed E-state index contributed by atoms with van der Waals surface area (Å²) in [5, 5.41) is 0. The van der Waals surface area contributed by atoms with Gasteiger partial charge in [-0.2, -0.15) is 0 Å². The molecule has 0 radical (unpaired) electrons. The lowest BCUT2D eigenvalue weighted by Crippen LogP contribution is -2.44. The first-order chi connectivity index (χ1) is 5.96. The van der Waals surface area contributed by atoms with E-state index < -0.39 is 5.92 Å². The molecule has 0 saturated heterocycles. The molecule has 0 aromatic carbocycles. The lowest BCUT2D eigenvalue weighted by Gasteiger charge is -2.26. The summed E-state index contributed by atoms with van der Waals surface area (Å²) in [7, 11) is 0. The molecule has 0 aliphatic heterocycles. The topological polar surface area (TPSA) is 38.0 Å². The number of hydrazine groups is 1. The van der Waals surface area contributed by atoms with Gasteiger partial charge in [0.1, 0.15) is 0 Å². The molecule has 1 rings (SSSR count). The van der Waals surface area contributed by atoms with E-state index in [9.17, 15) is 8.78 Å². The molecule has 4 heteroatoms. The van der Waals surface area contributed by atoms with Crippen molar-refractivity contribution in [2.75, 3.05) is 0 Å². The smallest absolute Gasteiger partial charge is 0.248 e. The first kappa shape index (κ1) is 10.9. The van der Waals surface area contributed by atoms with E-state index in [4.69, 9.17) is 5.84 Å². The number of nitrogens with one attached hydrogen (secondary N) is 1. The van der Waals surface area contributed by atoms with Crippen LogP contribution in [-0.4, -0.2) is 12.0 Å². The minimum atomic E-state index is -2.46. The van der Waals surface area contributed by atoms with Crippen molar-refractivity contribution in [3.8, 4) is 0 Å². The van der Waals surface area contributed by atoms with E-state index in [-0.39, 0.29) is 24.8 Å². The third kappa shape index (κ3) is 2.61.